The van der Waals surface area contributed by atoms with E-state index in [4.69, 9.17) is 4.52 Å². The van der Waals surface area contributed by atoms with E-state index < -0.39 is 11.5 Å². The summed E-state index contributed by atoms with van der Waals surface area (Å²) in [6, 6.07) is 9.57. The summed E-state index contributed by atoms with van der Waals surface area (Å²) in [5.41, 5.74) is 4.90. The normalized spacial score (nSPS) is 16.3. The molecule has 8 heteroatoms. The summed E-state index contributed by atoms with van der Waals surface area (Å²) in [7, 11) is 1.80. The van der Waals surface area contributed by atoms with E-state index >= 15 is 0 Å². The number of thiazole rings is 1. The van der Waals surface area contributed by atoms with Gasteiger partial charge in [-0.05, 0) is 51.7 Å². The van der Waals surface area contributed by atoms with E-state index in [0.29, 0.717) is 25.3 Å². The Labute approximate surface area is 198 Å². The number of carbonyl (C=O) groups is 2. The zero-order chi connectivity index (χ0) is 23.8. The van der Waals surface area contributed by atoms with E-state index in [2.05, 4.69) is 22.3 Å². The molecule has 2 aromatic heterocycles. The van der Waals surface area contributed by atoms with Crippen molar-refractivity contribution in [2.45, 2.75) is 58.5 Å². The molecular weight excluding hydrogens is 436 g/mol. The van der Waals surface area contributed by atoms with Crippen LogP contribution in [-0.4, -0.2) is 51.4 Å². The van der Waals surface area contributed by atoms with Gasteiger partial charge in [-0.25, -0.2) is 4.98 Å². The topological polar surface area (TPSA) is 79.5 Å². The molecule has 1 saturated heterocycles. The number of aromatic nitrogens is 2. The van der Waals surface area contributed by atoms with Crippen LogP contribution >= 0.6 is 11.3 Å². The molecule has 1 aromatic carbocycles. The van der Waals surface area contributed by atoms with Gasteiger partial charge < -0.3 is 14.3 Å². The summed E-state index contributed by atoms with van der Waals surface area (Å²) in [6.07, 6.45) is 1.48. The lowest BCUT2D eigenvalue weighted by molar-refractivity contribution is -0.146. The van der Waals surface area contributed by atoms with Gasteiger partial charge in [0.2, 0.25) is 11.8 Å². The molecule has 1 fully saturated rings. The maximum Gasteiger partial charge on any atom is 0.245 e. The van der Waals surface area contributed by atoms with E-state index in [1.807, 2.05) is 45.3 Å². The minimum atomic E-state index is -0.882. The van der Waals surface area contributed by atoms with Crippen molar-refractivity contribution in [2.24, 2.45) is 0 Å². The van der Waals surface area contributed by atoms with E-state index in [0.717, 1.165) is 33.8 Å². The van der Waals surface area contributed by atoms with E-state index in [1.165, 1.54) is 0 Å². The summed E-state index contributed by atoms with van der Waals surface area (Å²) < 4.78 is 5.38. The molecule has 174 valence electrons. The smallest absolute Gasteiger partial charge is 0.245 e. The Kier molecular flexibility index (Phi) is 6.38. The van der Waals surface area contributed by atoms with Gasteiger partial charge >= 0.3 is 0 Å². The first-order valence-electron chi connectivity index (χ1n) is 11.2. The predicted molar refractivity (Wildman–Crippen MR) is 128 cm³/mol. The van der Waals surface area contributed by atoms with Crippen molar-refractivity contribution in [3.05, 3.63) is 58.6 Å². The maximum absolute atomic E-state index is 13.4. The Morgan fingerprint density at radius 3 is 2.58 bits per heavy atom. The molecule has 7 nitrogen and oxygen atoms in total. The molecule has 1 aliphatic rings. The largest absolute Gasteiger partial charge is 0.360 e. The zero-order valence-electron chi connectivity index (χ0n) is 19.8. The highest BCUT2D eigenvalue weighted by molar-refractivity contribution is 7.13. The average Bonchev–Trinajstić information content (AvgIpc) is 3.54. The molecule has 0 radical (unpaired) electrons. The number of carbonyl (C=O) groups excluding carboxylic acids is 2. The number of hydrogen-bond donors (Lipinski definition) is 0. The molecule has 0 spiro atoms. The van der Waals surface area contributed by atoms with E-state index in [-0.39, 0.29) is 11.8 Å². The van der Waals surface area contributed by atoms with Gasteiger partial charge in [-0.2, -0.15) is 0 Å². The molecule has 3 heterocycles. The lowest BCUT2D eigenvalue weighted by Crippen LogP contribution is -2.51. The monoisotopic (exact) mass is 466 g/mol. The standard InChI is InChI=1S/C25H30N4O3S/c1-16-13-21(32-27-16)25(3,4)24(31)29-12-6-7-20(29)23(30)28(5)14-18-8-10-19(11-9-18)22-17(2)26-15-33-22/h8-11,13,15,20H,6-7,12,14H2,1-5H3/t20-/m0/s1. The fourth-order valence-electron chi connectivity index (χ4n) is 4.34. The zero-order valence-corrected chi connectivity index (χ0v) is 20.6. The molecule has 1 atom stereocenters. The first kappa shape index (κ1) is 23.2. The number of benzene rings is 1. The summed E-state index contributed by atoms with van der Waals surface area (Å²) in [4.78, 5) is 35.6. The average molecular weight is 467 g/mol. The van der Waals surface area contributed by atoms with Crippen molar-refractivity contribution in [3.63, 3.8) is 0 Å². The number of nitrogens with zero attached hydrogens (tertiary/aromatic N) is 4. The number of amides is 2. The van der Waals surface area contributed by atoms with Crippen LogP contribution in [0.15, 0.2) is 40.4 Å². The second-order valence-electron chi connectivity index (χ2n) is 9.27. The molecule has 2 amide bonds. The Morgan fingerprint density at radius 2 is 1.97 bits per heavy atom. The first-order valence-corrected chi connectivity index (χ1v) is 12.1. The van der Waals surface area contributed by atoms with Gasteiger partial charge in [-0.3, -0.25) is 9.59 Å². The molecule has 0 N–H and O–H groups in total. The lowest BCUT2D eigenvalue weighted by Gasteiger charge is -2.33. The molecule has 0 unspecified atom stereocenters. The van der Waals surface area contributed by atoms with Crippen molar-refractivity contribution < 1.29 is 14.1 Å². The van der Waals surface area contributed by atoms with E-state index in [1.54, 1.807) is 34.3 Å². The number of rotatable bonds is 6. The second kappa shape index (κ2) is 9.09. The molecule has 33 heavy (non-hydrogen) atoms. The van der Waals surface area contributed by atoms with Crippen molar-refractivity contribution in [3.8, 4) is 10.4 Å². The molecule has 4 rings (SSSR count). The van der Waals surface area contributed by atoms with Crippen LogP contribution < -0.4 is 0 Å². The SMILES string of the molecule is Cc1cc(C(C)(C)C(=O)N2CCC[C@H]2C(=O)N(C)Cc2ccc(-c3scnc3C)cc2)on1. The Morgan fingerprint density at radius 1 is 1.24 bits per heavy atom. The van der Waals surface area contributed by atoms with Gasteiger partial charge in [-0.15, -0.1) is 11.3 Å². The van der Waals surface area contributed by atoms with Crippen LogP contribution in [0.2, 0.25) is 0 Å². The minimum absolute atomic E-state index is 0.0345. The Balaban J connectivity index is 1.44. The van der Waals surface area contributed by atoms with Crippen LogP contribution in [0.3, 0.4) is 0 Å². The van der Waals surface area contributed by atoms with Crippen LogP contribution in [-0.2, 0) is 21.5 Å². The van der Waals surface area contributed by atoms with Crippen LogP contribution in [0.4, 0.5) is 0 Å². The molecule has 1 aliphatic heterocycles. The summed E-state index contributed by atoms with van der Waals surface area (Å²) in [5, 5.41) is 3.92. The third kappa shape index (κ3) is 4.57. The van der Waals surface area contributed by atoms with Crippen LogP contribution in [0.5, 0.6) is 0 Å². The number of aryl methyl sites for hydroxylation is 2. The van der Waals surface area contributed by atoms with Crippen molar-refractivity contribution >= 4 is 23.2 Å². The number of hydrogen-bond acceptors (Lipinski definition) is 6. The van der Waals surface area contributed by atoms with Gasteiger partial charge in [0.05, 0.1) is 21.8 Å². The van der Waals surface area contributed by atoms with Crippen molar-refractivity contribution in [1.29, 1.82) is 0 Å². The van der Waals surface area contributed by atoms with Gasteiger partial charge in [0.25, 0.3) is 0 Å². The molecule has 0 saturated carbocycles. The van der Waals surface area contributed by atoms with Gasteiger partial charge in [0.1, 0.15) is 11.5 Å². The van der Waals surface area contributed by atoms with E-state index in [9.17, 15) is 9.59 Å². The summed E-state index contributed by atoms with van der Waals surface area (Å²) in [6.45, 7) is 8.55. The number of likely N-dealkylation sites (tertiary alicyclic amines) is 1. The first-order chi connectivity index (χ1) is 15.7. The summed E-state index contributed by atoms with van der Waals surface area (Å²) in [5.74, 6) is 0.382. The van der Waals surface area contributed by atoms with Crippen LogP contribution in [0.1, 0.15) is 49.4 Å². The molecule has 0 aliphatic carbocycles. The fraction of sp³-hybridized carbons (Fsp3) is 0.440. The quantitative estimate of drug-likeness (QED) is 0.540. The van der Waals surface area contributed by atoms with Gasteiger partial charge in [0, 0.05) is 26.2 Å². The third-order valence-corrected chi connectivity index (χ3v) is 7.31. The molecule has 0 bridgehead atoms. The van der Waals surface area contributed by atoms with Crippen LogP contribution in [0.25, 0.3) is 10.4 Å². The lowest BCUT2D eigenvalue weighted by atomic mass is 9.88. The fourth-order valence-corrected chi connectivity index (χ4v) is 5.15. The van der Waals surface area contributed by atoms with Crippen LogP contribution in [0, 0.1) is 13.8 Å². The highest BCUT2D eigenvalue weighted by atomic mass is 32.1. The van der Waals surface area contributed by atoms with Gasteiger partial charge in [-0.1, -0.05) is 29.4 Å². The highest BCUT2D eigenvalue weighted by Gasteiger charge is 2.44. The summed E-state index contributed by atoms with van der Waals surface area (Å²) >= 11 is 1.62. The molecular formula is C25H30N4O3S. The Bertz CT molecular complexity index is 1150. The highest BCUT2D eigenvalue weighted by Crippen LogP contribution is 2.31. The number of likely N-dealkylation sites (N-methyl/N-ethyl adjacent to an activating group) is 1. The molecule has 3 aromatic rings. The predicted octanol–water partition coefficient (Wildman–Crippen LogP) is 4.34. The second-order valence-corrected chi connectivity index (χ2v) is 10.1. The van der Waals surface area contributed by atoms with Crippen molar-refractivity contribution in [2.75, 3.05) is 13.6 Å². The van der Waals surface area contributed by atoms with Crippen molar-refractivity contribution in [1.82, 2.24) is 19.9 Å². The third-order valence-electron chi connectivity index (χ3n) is 6.33. The van der Waals surface area contributed by atoms with Gasteiger partial charge in [0.15, 0.2) is 5.76 Å². The minimum Gasteiger partial charge on any atom is -0.360 e. The Hall–Kier alpha value is -3.00. The maximum atomic E-state index is 13.4.